The van der Waals surface area contributed by atoms with Crippen LogP contribution in [-0.4, -0.2) is 67.6 Å². The molecule has 0 radical (unpaired) electrons. The zero-order chi connectivity index (χ0) is 15.8. The highest BCUT2D eigenvalue weighted by molar-refractivity contribution is 7.89. The van der Waals surface area contributed by atoms with Crippen LogP contribution >= 0.6 is 0 Å². The molecular formula is C12H20N4O4S. The number of β-amino-alcohol motifs (C(OH)–C–C–N with tert-alkyl or cyclic N) is 1. The molecule has 0 unspecified atom stereocenters. The molecule has 1 aliphatic rings. The summed E-state index contributed by atoms with van der Waals surface area (Å²) in [5.41, 5.74) is 0.259. The lowest BCUT2D eigenvalue weighted by Gasteiger charge is -2.25. The van der Waals surface area contributed by atoms with E-state index in [2.05, 4.69) is 10.6 Å². The maximum atomic E-state index is 12.6. The minimum atomic E-state index is -3.77. The highest BCUT2D eigenvalue weighted by Crippen LogP contribution is 2.21. The van der Waals surface area contributed by atoms with E-state index < -0.39 is 22.2 Å². The Morgan fingerprint density at radius 2 is 2.19 bits per heavy atom. The molecule has 0 aromatic carbocycles. The lowest BCUT2D eigenvalue weighted by molar-refractivity contribution is 0.0955. The van der Waals surface area contributed by atoms with Crippen LogP contribution in [0.4, 0.5) is 0 Å². The van der Waals surface area contributed by atoms with E-state index in [1.165, 1.54) is 30.9 Å². The van der Waals surface area contributed by atoms with Crippen LogP contribution in [0.1, 0.15) is 10.5 Å². The molecule has 1 fully saturated rings. The normalized spacial score (nSPS) is 22.7. The minimum absolute atomic E-state index is 0.0326. The lowest BCUT2D eigenvalue weighted by atomic mass is 10.2. The zero-order valence-corrected chi connectivity index (χ0v) is 13.0. The number of aliphatic hydroxyl groups is 1. The van der Waals surface area contributed by atoms with Crippen molar-refractivity contribution in [2.75, 3.05) is 27.2 Å². The number of rotatable bonds is 4. The van der Waals surface area contributed by atoms with Gasteiger partial charge in [0.2, 0.25) is 10.0 Å². The maximum absolute atomic E-state index is 12.6. The minimum Gasteiger partial charge on any atom is -0.390 e. The predicted octanol–water partition coefficient (Wildman–Crippen LogP) is -1.66. The van der Waals surface area contributed by atoms with E-state index in [-0.39, 0.29) is 16.5 Å². The number of nitrogens with one attached hydrogen (secondary N) is 2. The fraction of sp³-hybridized carbons (Fsp3) is 0.583. The van der Waals surface area contributed by atoms with Crippen molar-refractivity contribution in [2.45, 2.75) is 17.0 Å². The van der Waals surface area contributed by atoms with Gasteiger partial charge in [-0.3, -0.25) is 4.79 Å². The molecule has 0 bridgehead atoms. The van der Waals surface area contributed by atoms with Crippen LogP contribution in [0.25, 0.3) is 0 Å². The molecule has 21 heavy (non-hydrogen) atoms. The van der Waals surface area contributed by atoms with Gasteiger partial charge in [-0.25, -0.2) is 8.42 Å². The number of carbonyl (C=O) groups excluding carboxylic acids is 1. The number of likely N-dealkylation sites (N-methyl/N-ethyl adjacent to an activating group) is 1. The third-order valence-electron chi connectivity index (χ3n) is 3.73. The van der Waals surface area contributed by atoms with Gasteiger partial charge >= 0.3 is 0 Å². The number of hydrogen-bond donors (Lipinski definition) is 3. The smallest absolute Gasteiger partial charge is 0.267 e. The fourth-order valence-corrected chi connectivity index (χ4v) is 3.85. The van der Waals surface area contributed by atoms with Crippen molar-refractivity contribution < 1.29 is 18.3 Å². The summed E-state index contributed by atoms with van der Waals surface area (Å²) in [7, 11) is 0.756. The topological polar surface area (TPSA) is 104 Å². The fourth-order valence-electron chi connectivity index (χ4n) is 2.40. The summed E-state index contributed by atoms with van der Waals surface area (Å²) in [6.07, 6.45) is 0.650. The third kappa shape index (κ3) is 2.82. The number of aliphatic hydroxyl groups excluding tert-OH is 1. The van der Waals surface area contributed by atoms with Crippen LogP contribution in [0.5, 0.6) is 0 Å². The van der Waals surface area contributed by atoms with E-state index in [9.17, 15) is 18.3 Å². The number of nitrogens with zero attached hydrogens (tertiary/aromatic N) is 2. The Morgan fingerprint density at radius 1 is 1.52 bits per heavy atom. The van der Waals surface area contributed by atoms with Gasteiger partial charge in [-0.2, -0.15) is 4.31 Å². The van der Waals surface area contributed by atoms with Crippen molar-refractivity contribution >= 4 is 15.9 Å². The molecule has 0 spiro atoms. The van der Waals surface area contributed by atoms with Crippen molar-refractivity contribution in [3.05, 3.63) is 18.0 Å². The van der Waals surface area contributed by atoms with Crippen LogP contribution in [-0.2, 0) is 17.1 Å². The van der Waals surface area contributed by atoms with Gasteiger partial charge in [0.05, 0.1) is 12.1 Å². The Morgan fingerprint density at radius 3 is 2.71 bits per heavy atom. The van der Waals surface area contributed by atoms with E-state index in [0.717, 1.165) is 4.31 Å². The molecule has 1 aliphatic heterocycles. The van der Waals surface area contributed by atoms with Gasteiger partial charge in [0.15, 0.2) is 0 Å². The first-order chi connectivity index (χ1) is 9.78. The van der Waals surface area contributed by atoms with Gasteiger partial charge in [0, 0.05) is 40.4 Å². The predicted molar refractivity (Wildman–Crippen MR) is 76.4 cm³/mol. The molecule has 2 atom stereocenters. The van der Waals surface area contributed by atoms with Crippen LogP contribution in [0, 0.1) is 0 Å². The molecule has 1 saturated heterocycles. The average molecular weight is 316 g/mol. The Labute approximate surface area is 123 Å². The van der Waals surface area contributed by atoms with Gasteiger partial charge in [-0.1, -0.05) is 0 Å². The molecule has 2 heterocycles. The van der Waals surface area contributed by atoms with Crippen LogP contribution in [0.3, 0.4) is 0 Å². The van der Waals surface area contributed by atoms with E-state index in [1.807, 2.05) is 0 Å². The molecule has 1 aromatic heterocycles. The number of amides is 1. The summed E-state index contributed by atoms with van der Waals surface area (Å²) in [5, 5.41) is 15.2. The molecule has 9 heteroatoms. The standard InChI is InChI=1S/C12H20N4O4S/c1-13-12(18)9-4-8(7-15(9)2)21(19,20)16(3)10-5-14-6-11(10)17/h4,7,10-11,14,17H,5-6H2,1-3H3,(H,13,18)/t10-,11-/m0/s1. The first-order valence-corrected chi connectivity index (χ1v) is 7.98. The molecule has 0 saturated carbocycles. The number of sulfonamides is 1. The Kier molecular flexibility index (Phi) is 4.38. The Hall–Kier alpha value is -1.42. The highest BCUT2D eigenvalue weighted by Gasteiger charge is 2.36. The molecular weight excluding hydrogens is 296 g/mol. The van der Waals surface area contributed by atoms with E-state index in [1.54, 1.807) is 7.05 Å². The Bertz CT molecular complexity index is 640. The van der Waals surface area contributed by atoms with Gasteiger partial charge in [0.1, 0.15) is 10.6 Å². The SMILES string of the molecule is CNC(=O)c1cc(S(=O)(=O)N(C)[C@H]2CNC[C@@H]2O)cn1C. The van der Waals surface area contributed by atoms with Crippen molar-refractivity contribution in [1.82, 2.24) is 19.5 Å². The zero-order valence-electron chi connectivity index (χ0n) is 12.2. The second-order valence-electron chi connectivity index (χ2n) is 5.07. The number of carbonyl (C=O) groups is 1. The quantitative estimate of drug-likeness (QED) is 0.617. The molecule has 0 aliphatic carbocycles. The van der Waals surface area contributed by atoms with Crippen molar-refractivity contribution in [3.63, 3.8) is 0 Å². The van der Waals surface area contributed by atoms with Crippen LogP contribution in [0.15, 0.2) is 17.2 Å². The second-order valence-corrected chi connectivity index (χ2v) is 7.06. The van der Waals surface area contributed by atoms with E-state index >= 15 is 0 Å². The van der Waals surface area contributed by atoms with Gasteiger partial charge in [-0.15, -0.1) is 0 Å². The van der Waals surface area contributed by atoms with Crippen molar-refractivity contribution in [3.8, 4) is 0 Å². The molecule has 3 N–H and O–H groups in total. The van der Waals surface area contributed by atoms with E-state index in [4.69, 9.17) is 0 Å². The number of aryl methyl sites for hydroxylation is 1. The van der Waals surface area contributed by atoms with Crippen molar-refractivity contribution in [1.29, 1.82) is 0 Å². The lowest BCUT2D eigenvalue weighted by Crippen LogP contribution is -2.44. The number of hydrogen-bond acceptors (Lipinski definition) is 5. The monoisotopic (exact) mass is 316 g/mol. The second kappa shape index (κ2) is 5.76. The van der Waals surface area contributed by atoms with Crippen LogP contribution in [0.2, 0.25) is 0 Å². The first-order valence-electron chi connectivity index (χ1n) is 6.54. The van der Waals surface area contributed by atoms with Gasteiger partial charge in [0.25, 0.3) is 5.91 Å². The molecule has 8 nitrogen and oxygen atoms in total. The molecule has 1 amide bonds. The van der Waals surface area contributed by atoms with Crippen molar-refractivity contribution in [2.24, 2.45) is 7.05 Å². The first kappa shape index (κ1) is 16.0. The number of aromatic nitrogens is 1. The third-order valence-corrected chi connectivity index (χ3v) is 5.58. The maximum Gasteiger partial charge on any atom is 0.267 e. The summed E-state index contributed by atoms with van der Waals surface area (Å²) < 4.78 is 27.8. The van der Waals surface area contributed by atoms with Crippen LogP contribution < -0.4 is 10.6 Å². The summed E-state index contributed by atoms with van der Waals surface area (Å²) in [4.78, 5) is 11.7. The largest absolute Gasteiger partial charge is 0.390 e. The van der Waals surface area contributed by atoms with Gasteiger partial charge < -0.3 is 20.3 Å². The average Bonchev–Trinajstić information content (AvgIpc) is 3.03. The summed E-state index contributed by atoms with van der Waals surface area (Å²) in [5.74, 6) is -0.357. The molecule has 118 valence electrons. The van der Waals surface area contributed by atoms with Gasteiger partial charge in [-0.05, 0) is 6.07 Å². The highest BCUT2D eigenvalue weighted by atomic mass is 32.2. The Balaban J connectivity index is 2.33. The van der Waals surface area contributed by atoms with E-state index in [0.29, 0.717) is 13.1 Å². The summed E-state index contributed by atoms with van der Waals surface area (Å²) in [6.45, 7) is 0.759. The summed E-state index contributed by atoms with van der Waals surface area (Å²) >= 11 is 0. The molecule has 2 rings (SSSR count). The molecule has 1 aromatic rings. The summed E-state index contributed by atoms with van der Waals surface area (Å²) in [6, 6.07) is 0.818.